The van der Waals surface area contributed by atoms with Crippen LogP contribution in [0.2, 0.25) is 10.0 Å². The van der Waals surface area contributed by atoms with Crippen molar-refractivity contribution in [2.75, 3.05) is 5.32 Å². The molecule has 0 aliphatic heterocycles. The van der Waals surface area contributed by atoms with Crippen molar-refractivity contribution >= 4 is 45.8 Å². The van der Waals surface area contributed by atoms with Crippen molar-refractivity contribution in [3.63, 3.8) is 0 Å². The first kappa shape index (κ1) is 21.2. The van der Waals surface area contributed by atoms with Gasteiger partial charge >= 0.3 is 0 Å². The summed E-state index contributed by atoms with van der Waals surface area (Å²) in [6.07, 6.45) is 0.0933. The molecule has 31 heavy (non-hydrogen) atoms. The van der Waals surface area contributed by atoms with E-state index < -0.39 is 0 Å². The molecule has 1 N–H and O–H groups in total. The Labute approximate surface area is 189 Å². The van der Waals surface area contributed by atoms with Crippen LogP contribution in [0.25, 0.3) is 16.7 Å². The number of carbonyl (C=O) groups is 1. The fourth-order valence-electron chi connectivity index (χ4n) is 3.65. The van der Waals surface area contributed by atoms with Gasteiger partial charge in [-0.15, -0.1) is 0 Å². The zero-order chi connectivity index (χ0) is 22.1. The number of anilines is 1. The molecule has 0 aliphatic rings. The highest BCUT2D eigenvalue weighted by atomic mass is 35.5. The number of nitrogens with one attached hydrogen (secondary N) is 1. The molecule has 0 atom stereocenters. The van der Waals surface area contributed by atoms with E-state index in [1.165, 1.54) is 0 Å². The predicted octanol–water partition coefficient (Wildman–Crippen LogP) is 5.14. The normalized spacial score (nSPS) is 11.1. The lowest BCUT2D eigenvalue weighted by atomic mass is 10.1. The Morgan fingerprint density at radius 1 is 1.06 bits per heavy atom. The van der Waals surface area contributed by atoms with Crippen LogP contribution >= 0.6 is 23.2 Å². The van der Waals surface area contributed by atoms with E-state index in [1.807, 2.05) is 44.2 Å². The van der Waals surface area contributed by atoms with Gasteiger partial charge in [0.25, 0.3) is 5.56 Å². The summed E-state index contributed by atoms with van der Waals surface area (Å²) in [6, 6.07) is 16.1. The van der Waals surface area contributed by atoms with Gasteiger partial charge < -0.3 is 5.32 Å². The molecule has 8 heteroatoms. The van der Waals surface area contributed by atoms with Crippen LogP contribution in [-0.2, 0) is 11.3 Å². The number of hydrogen-bond donors (Lipinski definition) is 1. The Morgan fingerprint density at radius 2 is 1.81 bits per heavy atom. The van der Waals surface area contributed by atoms with E-state index in [2.05, 4.69) is 10.4 Å². The maximum absolute atomic E-state index is 12.9. The first-order valence-corrected chi connectivity index (χ1v) is 10.5. The van der Waals surface area contributed by atoms with Gasteiger partial charge in [0.05, 0.1) is 22.1 Å². The number of halogens is 2. The maximum Gasteiger partial charge on any atom is 0.252 e. The van der Waals surface area contributed by atoms with Crippen LogP contribution in [0.3, 0.4) is 0 Å². The van der Waals surface area contributed by atoms with Gasteiger partial charge in [-0.2, -0.15) is 5.10 Å². The molecule has 2 aromatic heterocycles. The van der Waals surface area contributed by atoms with Crippen molar-refractivity contribution in [3.8, 4) is 5.69 Å². The second kappa shape index (κ2) is 8.57. The van der Waals surface area contributed by atoms with E-state index in [9.17, 15) is 9.59 Å². The summed E-state index contributed by atoms with van der Waals surface area (Å²) in [4.78, 5) is 25.4. The van der Waals surface area contributed by atoms with Gasteiger partial charge in [-0.05, 0) is 49.7 Å². The molecule has 2 aromatic carbocycles. The van der Waals surface area contributed by atoms with Crippen molar-refractivity contribution in [1.82, 2.24) is 14.3 Å². The molecule has 4 aromatic rings. The number of carbonyl (C=O) groups excluding carboxylic acids is 1. The standard InChI is InChI=1S/C23H20Cl2N4O2/c1-14-12-21(31)28(11-10-20(30)26-19-9-8-16(24)13-18(19)25)23-22(14)15(2)27-29(23)17-6-4-3-5-7-17/h3-9,12-13H,10-11H2,1-2H3,(H,26,30). The second-order valence-corrected chi connectivity index (χ2v) is 8.11. The van der Waals surface area contributed by atoms with E-state index in [0.29, 0.717) is 21.4 Å². The lowest BCUT2D eigenvalue weighted by Gasteiger charge is -2.13. The molecule has 0 spiro atoms. The fraction of sp³-hybridized carbons (Fsp3) is 0.174. The van der Waals surface area contributed by atoms with Crippen LogP contribution in [0.4, 0.5) is 5.69 Å². The molecule has 0 fully saturated rings. The van der Waals surface area contributed by atoms with Gasteiger partial charge in [-0.25, -0.2) is 4.68 Å². The van der Waals surface area contributed by atoms with Gasteiger partial charge in [0.1, 0.15) is 5.65 Å². The Bertz CT molecular complexity index is 1340. The van der Waals surface area contributed by atoms with Crippen LogP contribution in [-0.4, -0.2) is 20.3 Å². The Morgan fingerprint density at radius 3 is 2.52 bits per heavy atom. The average molecular weight is 455 g/mol. The summed E-state index contributed by atoms with van der Waals surface area (Å²) in [7, 11) is 0. The molecule has 1 amide bonds. The van der Waals surface area contributed by atoms with E-state index in [0.717, 1.165) is 22.3 Å². The molecule has 0 radical (unpaired) electrons. The van der Waals surface area contributed by atoms with E-state index in [1.54, 1.807) is 33.5 Å². The molecule has 4 rings (SSSR count). The lowest BCUT2D eigenvalue weighted by molar-refractivity contribution is -0.116. The first-order chi connectivity index (χ1) is 14.8. The number of para-hydroxylation sites is 1. The van der Waals surface area contributed by atoms with Crippen LogP contribution < -0.4 is 10.9 Å². The SMILES string of the molecule is Cc1cc(=O)n(CCC(=O)Nc2ccc(Cl)cc2Cl)c2c1c(C)nn2-c1ccccc1. The monoisotopic (exact) mass is 454 g/mol. The van der Waals surface area contributed by atoms with Crippen LogP contribution in [0, 0.1) is 13.8 Å². The summed E-state index contributed by atoms with van der Waals surface area (Å²) in [5.74, 6) is -0.257. The summed E-state index contributed by atoms with van der Waals surface area (Å²) < 4.78 is 3.35. The van der Waals surface area contributed by atoms with Crippen molar-refractivity contribution in [2.24, 2.45) is 0 Å². The number of aromatic nitrogens is 3. The summed E-state index contributed by atoms with van der Waals surface area (Å²) in [5, 5.41) is 9.18. The van der Waals surface area contributed by atoms with Crippen LogP contribution in [0.5, 0.6) is 0 Å². The van der Waals surface area contributed by atoms with E-state index >= 15 is 0 Å². The molecular formula is C23H20Cl2N4O2. The highest BCUT2D eigenvalue weighted by molar-refractivity contribution is 6.36. The van der Waals surface area contributed by atoms with Crippen molar-refractivity contribution in [1.29, 1.82) is 0 Å². The molecule has 158 valence electrons. The molecule has 0 saturated carbocycles. The zero-order valence-electron chi connectivity index (χ0n) is 17.0. The minimum Gasteiger partial charge on any atom is -0.325 e. The van der Waals surface area contributed by atoms with Gasteiger partial charge in [0.15, 0.2) is 0 Å². The number of benzene rings is 2. The third-order valence-electron chi connectivity index (χ3n) is 5.06. The zero-order valence-corrected chi connectivity index (χ0v) is 18.5. The summed E-state index contributed by atoms with van der Waals surface area (Å²) in [6.45, 7) is 4.01. The quantitative estimate of drug-likeness (QED) is 0.453. The average Bonchev–Trinajstić information content (AvgIpc) is 3.08. The molecule has 6 nitrogen and oxygen atoms in total. The van der Waals surface area contributed by atoms with E-state index in [-0.39, 0.29) is 24.4 Å². The maximum atomic E-state index is 12.9. The predicted molar refractivity (Wildman–Crippen MR) is 125 cm³/mol. The third-order valence-corrected chi connectivity index (χ3v) is 5.61. The minimum absolute atomic E-state index is 0.0933. The molecule has 2 heterocycles. The van der Waals surface area contributed by atoms with Gasteiger partial charge in [-0.3, -0.25) is 14.2 Å². The molecule has 0 saturated heterocycles. The largest absolute Gasteiger partial charge is 0.325 e. The number of rotatable bonds is 5. The summed E-state index contributed by atoms with van der Waals surface area (Å²) >= 11 is 12.0. The fourth-order valence-corrected chi connectivity index (χ4v) is 4.10. The molecule has 0 bridgehead atoms. The lowest BCUT2D eigenvalue weighted by Crippen LogP contribution is -2.25. The van der Waals surface area contributed by atoms with Crippen molar-refractivity contribution in [3.05, 3.63) is 86.3 Å². The number of pyridine rings is 1. The third kappa shape index (κ3) is 4.22. The Hall–Kier alpha value is -3.09. The van der Waals surface area contributed by atoms with E-state index in [4.69, 9.17) is 23.2 Å². The van der Waals surface area contributed by atoms with Gasteiger partial charge in [-0.1, -0.05) is 41.4 Å². The minimum atomic E-state index is -0.257. The smallest absolute Gasteiger partial charge is 0.252 e. The highest BCUT2D eigenvalue weighted by Gasteiger charge is 2.18. The number of aryl methyl sites for hydroxylation is 3. The van der Waals surface area contributed by atoms with Crippen molar-refractivity contribution < 1.29 is 4.79 Å². The summed E-state index contributed by atoms with van der Waals surface area (Å²) in [5.41, 5.74) is 3.49. The van der Waals surface area contributed by atoms with Gasteiger partial charge in [0.2, 0.25) is 5.91 Å². The molecular weight excluding hydrogens is 435 g/mol. The van der Waals surface area contributed by atoms with Crippen LogP contribution in [0.1, 0.15) is 17.7 Å². The molecule has 0 unspecified atom stereocenters. The second-order valence-electron chi connectivity index (χ2n) is 7.27. The number of hydrogen-bond acceptors (Lipinski definition) is 3. The number of amides is 1. The highest BCUT2D eigenvalue weighted by Crippen LogP contribution is 2.26. The van der Waals surface area contributed by atoms with Gasteiger partial charge in [0, 0.05) is 29.4 Å². The first-order valence-electron chi connectivity index (χ1n) is 9.75. The topological polar surface area (TPSA) is 68.9 Å². The molecule has 0 aliphatic carbocycles. The Kier molecular flexibility index (Phi) is 5.85. The number of nitrogens with zero attached hydrogens (tertiary/aromatic N) is 3. The number of fused-ring (bicyclic) bond motifs is 1. The van der Waals surface area contributed by atoms with Crippen LogP contribution in [0.15, 0.2) is 59.4 Å². The Balaban J connectivity index is 1.69. The van der Waals surface area contributed by atoms with Crippen molar-refractivity contribution in [2.45, 2.75) is 26.8 Å².